The van der Waals surface area contributed by atoms with Crippen LogP contribution in [0.15, 0.2) is 182 Å². The van der Waals surface area contributed by atoms with Crippen molar-refractivity contribution in [2.75, 3.05) is 6.61 Å². The molecule has 0 aliphatic heterocycles. The van der Waals surface area contributed by atoms with Crippen molar-refractivity contribution in [1.82, 2.24) is 0 Å². The van der Waals surface area contributed by atoms with Crippen LogP contribution in [0.25, 0.3) is 30.4 Å². The van der Waals surface area contributed by atoms with Crippen molar-refractivity contribution >= 4 is 65.1 Å². The van der Waals surface area contributed by atoms with Crippen molar-refractivity contribution in [2.24, 2.45) is 0 Å². The van der Waals surface area contributed by atoms with E-state index in [1.54, 1.807) is 91.0 Å². The topological polar surface area (TPSA) is 204 Å². The van der Waals surface area contributed by atoms with Gasteiger partial charge in [0.1, 0.15) is 0 Å². The number of benzene rings is 5. The van der Waals surface area contributed by atoms with E-state index in [1.165, 1.54) is 60.7 Å². The molecular weight excluding hydrogens is 789 g/mol. The summed E-state index contributed by atoms with van der Waals surface area (Å²) in [5.41, 5.74) is -16.5. The second-order valence-electron chi connectivity index (χ2n) is 14.0. The molecule has 5 N–H and O–H groups in total. The summed E-state index contributed by atoms with van der Waals surface area (Å²) in [6, 6.07) is 39.1. The van der Waals surface area contributed by atoms with Crippen LogP contribution in [0.5, 0.6) is 0 Å². The zero-order chi connectivity index (χ0) is 44.8. The number of hydrogen-bond acceptors (Lipinski definition) is 11. The summed E-state index contributed by atoms with van der Waals surface area (Å²) in [5, 5.41) is 62.4. The second kappa shape index (κ2) is 20.3. The SMILES string of the molecule is O=C(C=Cc1ccccc1)C(=O)[C@](O)(C(=O)C=Cc1ccccc1)[C@](O)(C(=O)C=Cc1ccccc1)[C@@](O)(C(=O)C=Cc1ccccc1)[C@](O)(CO)C(=O)C=Cc1ccccc1. The van der Waals surface area contributed by atoms with Gasteiger partial charge in [-0.3, -0.25) is 28.8 Å². The van der Waals surface area contributed by atoms with Crippen LogP contribution in [0, 0.1) is 0 Å². The summed E-state index contributed by atoms with van der Waals surface area (Å²) in [4.78, 5) is 87.4. The highest BCUT2D eigenvalue weighted by Gasteiger charge is 2.80. The van der Waals surface area contributed by atoms with Crippen molar-refractivity contribution in [2.45, 2.75) is 22.4 Å². The Morgan fingerprint density at radius 3 is 0.968 bits per heavy atom. The first-order valence-electron chi connectivity index (χ1n) is 19.1. The van der Waals surface area contributed by atoms with Gasteiger partial charge in [0, 0.05) is 0 Å². The number of allylic oxidation sites excluding steroid dienone is 1. The number of carbonyl (C=O) groups is 6. The minimum absolute atomic E-state index is 0.244. The van der Waals surface area contributed by atoms with Crippen molar-refractivity contribution < 1.29 is 54.3 Å². The molecule has 5 aromatic rings. The van der Waals surface area contributed by atoms with E-state index in [-0.39, 0.29) is 16.7 Å². The number of rotatable bonds is 20. The number of Topliss-reactive ketones (excluding diaryl/α,β-unsaturated/α-hetero) is 1. The van der Waals surface area contributed by atoms with E-state index >= 15 is 0 Å². The molecule has 0 radical (unpaired) electrons. The second-order valence-corrected chi connectivity index (χ2v) is 14.0. The van der Waals surface area contributed by atoms with Crippen LogP contribution in [0.3, 0.4) is 0 Å². The van der Waals surface area contributed by atoms with Gasteiger partial charge in [0.2, 0.25) is 28.4 Å². The number of aliphatic hydroxyl groups excluding tert-OH is 1. The lowest BCUT2D eigenvalue weighted by molar-refractivity contribution is -0.261. The lowest BCUT2D eigenvalue weighted by Crippen LogP contribution is -2.86. The van der Waals surface area contributed by atoms with Gasteiger partial charge in [-0.2, -0.15) is 0 Å². The van der Waals surface area contributed by atoms with E-state index in [0.29, 0.717) is 41.5 Å². The monoisotopic (exact) mass is 830 g/mol. The molecular formula is C51H42O11. The molecule has 0 saturated carbocycles. The Balaban J connectivity index is 1.87. The predicted molar refractivity (Wildman–Crippen MR) is 234 cm³/mol. The number of carbonyl (C=O) groups excluding carboxylic acids is 6. The zero-order valence-corrected chi connectivity index (χ0v) is 33.1. The molecule has 0 amide bonds. The fourth-order valence-corrected chi connectivity index (χ4v) is 6.56. The summed E-state index contributed by atoms with van der Waals surface area (Å²) in [5.74, 6) is -11.6. The highest BCUT2D eigenvalue weighted by Crippen LogP contribution is 2.45. The third kappa shape index (κ3) is 9.48. The summed E-state index contributed by atoms with van der Waals surface area (Å²) >= 11 is 0. The Labute approximate surface area is 357 Å². The largest absolute Gasteiger partial charge is 0.393 e. The first-order chi connectivity index (χ1) is 29.7. The lowest BCUT2D eigenvalue weighted by Gasteiger charge is -2.52. The highest BCUT2D eigenvalue weighted by molar-refractivity contribution is 6.51. The Bertz CT molecular complexity index is 2550. The average molecular weight is 831 g/mol. The average Bonchev–Trinajstić information content (AvgIpc) is 3.32. The van der Waals surface area contributed by atoms with Crippen LogP contribution in [-0.2, 0) is 28.8 Å². The standard InChI is InChI=1S/C51H42O11/c52-36-48(59,43(54)32-27-38-18-8-2-9-19-38)50(61,45(56)34-29-40-22-12-4-13-23-40)51(62,46(57)35-30-41-24-14-5-15-25-41)49(60,44(55)33-28-39-20-10-3-11-21-39)47(58)42(53)31-26-37-16-6-1-7-17-37/h1-35,52,59-62H,36H2/t48-,49+,50+,51+/m0/s1. The van der Waals surface area contributed by atoms with E-state index in [2.05, 4.69) is 0 Å². The molecule has 0 fully saturated rings. The number of hydrogen-bond donors (Lipinski definition) is 5. The van der Waals surface area contributed by atoms with Gasteiger partial charge in [-0.15, -0.1) is 0 Å². The predicted octanol–water partition coefficient (Wildman–Crippen LogP) is 4.88. The third-order valence-corrected chi connectivity index (χ3v) is 10.0. The van der Waals surface area contributed by atoms with Crippen molar-refractivity contribution in [1.29, 1.82) is 0 Å². The molecule has 0 bridgehead atoms. The normalized spacial score (nSPS) is 15.8. The van der Waals surface area contributed by atoms with Gasteiger partial charge < -0.3 is 25.5 Å². The highest BCUT2D eigenvalue weighted by atomic mass is 16.4. The molecule has 11 heteroatoms. The fraction of sp³-hybridized carbons (Fsp3) is 0.0980. The van der Waals surface area contributed by atoms with Gasteiger partial charge in [-0.05, 0) is 58.2 Å². The molecule has 4 atom stereocenters. The van der Waals surface area contributed by atoms with Crippen LogP contribution < -0.4 is 0 Å². The molecule has 0 unspecified atom stereocenters. The van der Waals surface area contributed by atoms with Crippen LogP contribution >= 0.6 is 0 Å². The maximum Gasteiger partial charge on any atom is 0.245 e. The first kappa shape index (κ1) is 45.7. The third-order valence-electron chi connectivity index (χ3n) is 10.0. The molecule has 0 aliphatic rings. The maximum absolute atomic E-state index is 14.9. The molecule has 0 saturated heterocycles. The van der Waals surface area contributed by atoms with E-state index in [9.17, 15) is 54.3 Å². The zero-order valence-electron chi connectivity index (χ0n) is 33.1. The molecule has 5 aromatic carbocycles. The smallest absolute Gasteiger partial charge is 0.245 e. The van der Waals surface area contributed by atoms with Gasteiger partial charge in [-0.1, -0.05) is 182 Å². The van der Waals surface area contributed by atoms with E-state index in [1.807, 2.05) is 0 Å². The summed E-state index contributed by atoms with van der Waals surface area (Å²) < 4.78 is 0. The van der Waals surface area contributed by atoms with Crippen LogP contribution in [0.1, 0.15) is 27.8 Å². The van der Waals surface area contributed by atoms with Gasteiger partial charge in [-0.25, -0.2) is 0 Å². The van der Waals surface area contributed by atoms with Gasteiger partial charge >= 0.3 is 0 Å². The molecule has 62 heavy (non-hydrogen) atoms. The van der Waals surface area contributed by atoms with Crippen molar-refractivity contribution in [3.05, 3.63) is 210 Å². The van der Waals surface area contributed by atoms with E-state index in [4.69, 9.17) is 0 Å². The van der Waals surface area contributed by atoms with Crippen LogP contribution in [-0.4, -0.2) is 89.2 Å². The van der Waals surface area contributed by atoms with Crippen molar-refractivity contribution in [3.8, 4) is 0 Å². The van der Waals surface area contributed by atoms with Crippen LogP contribution in [0.4, 0.5) is 0 Å². The fourth-order valence-electron chi connectivity index (χ4n) is 6.56. The number of aliphatic hydroxyl groups is 5. The van der Waals surface area contributed by atoms with Crippen LogP contribution in [0.2, 0.25) is 0 Å². The molecule has 0 aliphatic carbocycles. The molecule has 11 nitrogen and oxygen atoms in total. The molecule has 0 heterocycles. The lowest BCUT2D eigenvalue weighted by atomic mass is 9.56. The summed E-state index contributed by atoms with van der Waals surface area (Å²) in [7, 11) is 0. The molecule has 0 aromatic heterocycles. The Morgan fingerprint density at radius 2 is 0.645 bits per heavy atom. The maximum atomic E-state index is 14.9. The van der Waals surface area contributed by atoms with Gasteiger partial charge in [0.15, 0.2) is 28.7 Å². The van der Waals surface area contributed by atoms with Crippen molar-refractivity contribution in [3.63, 3.8) is 0 Å². The summed E-state index contributed by atoms with van der Waals surface area (Å²) in [6.45, 7) is -1.97. The molecule has 0 spiro atoms. The summed E-state index contributed by atoms with van der Waals surface area (Å²) in [6.07, 6.45) is 8.03. The van der Waals surface area contributed by atoms with E-state index < -0.39 is 63.7 Å². The Hall–Kier alpha value is -7.38. The number of ketones is 6. The molecule has 5 rings (SSSR count). The first-order valence-corrected chi connectivity index (χ1v) is 19.1. The molecule has 312 valence electrons. The van der Waals surface area contributed by atoms with Gasteiger partial charge in [0.25, 0.3) is 0 Å². The van der Waals surface area contributed by atoms with Gasteiger partial charge in [0.05, 0.1) is 6.61 Å². The minimum Gasteiger partial charge on any atom is -0.393 e. The Morgan fingerprint density at radius 1 is 0.371 bits per heavy atom. The minimum atomic E-state index is -4.72. The quantitative estimate of drug-likeness (QED) is 0.0406. The van der Waals surface area contributed by atoms with E-state index in [0.717, 1.165) is 30.4 Å². The Kier molecular flexibility index (Phi) is 14.9.